The van der Waals surface area contributed by atoms with Gasteiger partial charge in [0.25, 0.3) is 0 Å². The van der Waals surface area contributed by atoms with Crippen molar-refractivity contribution in [1.82, 2.24) is 0 Å². The second-order valence-electron chi connectivity index (χ2n) is 7.19. The number of esters is 3. The first-order chi connectivity index (χ1) is 14.0. The second-order valence-corrected chi connectivity index (χ2v) is 7.19. The minimum absolute atomic E-state index is 0.0152. The van der Waals surface area contributed by atoms with E-state index in [9.17, 15) is 28.8 Å². The Balaban J connectivity index is 4.91. The maximum absolute atomic E-state index is 11.9. The third kappa shape index (κ3) is 13.4. The van der Waals surface area contributed by atoms with E-state index in [1.165, 1.54) is 13.8 Å². The van der Waals surface area contributed by atoms with E-state index in [-0.39, 0.29) is 44.2 Å². The highest BCUT2D eigenvalue weighted by molar-refractivity contribution is 5.94. The third-order valence-corrected chi connectivity index (χ3v) is 4.18. The Morgan fingerprint density at radius 3 is 1.47 bits per heavy atom. The number of carbonyl (C=O) groups excluding carboxylic acids is 5. The van der Waals surface area contributed by atoms with Crippen molar-refractivity contribution in [3.8, 4) is 0 Å². The Kier molecular flexibility index (Phi) is 12.9. The first kappa shape index (κ1) is 27.2. The summed E-state index contributed by atoms with van der Waals surface area (Å²) in [5.74, 6) is -3.77. The number of hydrogen-bond acceptors (Lipinski definition) is 9. The average Bonchev–Trinajstić information content (AvgIpc) is 2.64. The fraction of sp³-hybridized carbons (Fsp3) is 0.700. The Hall–Kier alpha value is -2.78. The first-order valence-corrected chi connectivity index (χ1v) is 9.67. The smallest absolute Gasteiger partial charge is 0.313 e. The zero-order chi connectivity index (χ0) is 23.2. The van der Waals surface area contributed by atoms with Crippen LogP contribution in [0.5, 0.6) is 0 Å². The molecule has 0 aromatic rings. The number of ketones is 2. The highest BCUT2D eigenvalue weighted by Crippen LogP contribution is 2.25. The fourth-order valence-corrected chi connectivity index (χ4v) is 2.26. The molecule has 0 rings (SSSR count). The van der Waals surface area contributed by atoms with Crippen LogP contribution in [-0.4, -0.2) is 60.4 Å². The molecule has 1 N–H and O–H groups in total. The van der Waals surface area contributed by atoms with Crippen LogP contribution in [0.3, 0.4) is 0 Å². The molecule has 0 aliphatic carbocycles. The molecule has 10 nitrogen and oxygen atoms in total. The minimum atomic E-state index is -1.05. The van der Waals surface area contributed by atoms with Crippen LogP contribution in [0.4, 0.5) is 0 Å². The number of aliphatic carboxylic acids is 1. The molecule has 30 heavy (non-hydrogen) atoms. The largest absolute Gasteiger partial charge is 0.481 e. The number of carboxylic acid groups (broad SMARTS) is 1. The summed E-state index contributed by atoms with van der Waals surface area (Å²) < 4.78 is 15.4. The standard InChI is InChI=1S/C20H30O10/c1-4-20(12-29-18(26)9-14(2)21,13-30-19(27)10-15(3)22)11-28-17(25)8-6-5-7-16(23)24/h4-13H2,1-3H3,(H,23,24). The van der Waals surface area contributed by atoms with Gasteiger partial charge in [0.15, 0.2) is 0 Å². The van der Waals surface area contributed by atoms with Crippen molar-refractivity contribution in [2.24, 2.45) is 5.41 Å². The molecule has 170 valence electrons. The molecule has 0 heterocycles. The summed E-state index contributed by atoms with van der Waals surface area (Å²) >= 11 is 0. The Labute approximate surface area is 175 Å². The quantitative estimate of drug-likeness (QED) is 0.165. The molecule has 0 bridgehead atoms. The first-order valence-electron chi connectivity index (χ1n) is 9.67. The molecular formula is C20H30O10. The maximum atomic E-state index is 11.9. The molecule has 0 aliphatic rings. The molecule has 0 aliphatic heterocycles. The number of hydrogen-bond donors (Lipinski definition) is 1. The van der Waals surface area contributed by atoms with E-state index < -0.39 is 42.1 Å². The molecule has 0 saturated carbocycles. The van der Waals surface area contributed by atoms with E-state index in [4.69, 9.17) is 19.3 Å². The van der Waals surface area contributed by atoms with E-state index >= 15 is 0 Å². The van der Waals surface area contributed by atoms with Gasteiger partial charge in [-0.3, -0.25) is 28.8 Å². The molecule has 0 saturated heterocycles. The summed E-state index contributed by atoms with van der Waals surface area (Å²) in [5, 5.41) is 8.60. The summed E-state index contributed by atoms with van der Waals surface area (Å²) in [6, 6.07) is 0. The minimum Gasteiger partial charge on any atom is -0.481 e. The normalized spacial score (nSPS) is 10.8. The molecule has 0 spiro atoms. The van der Waals surface area contributed by atoms with E-state index in [2.05, 4.69) is 0 Å². The number of carbonyl (C=O) groups is 6. The average molecular weight is 430 g/mol. The Bertz CT molecular complexity index is 605. The lowest BCUT2D eigenvalue weighted by molar-refractivity contribution is -0.162. The maximum Gasteiger partial charge on any atom is 0.313 e. The van der Waals surface area contributed by atoms with Gasteiger partial charge >= 0.3 is 23.9 Å². The summed E-state index contributed by atoms with van der Waals surface area (Å²) in [6.45, 7) is 3.47. The molecular weight excluding hydrogens is 400 g/mol. The van der Waals surface area contributed by atoms with Crippen molar-refractivity contribution in [3.05, 3.63) is 0 Å². The van der Waals surface area contributed by atoms with Crippen molar-refractivity contribution in [2.45, 2.75) is 65.7 Å². The van der Waals surface area contributed by atoms with Crippen LogP contribution < -0.4 is 0 Å². The molecule has 0 atom stereocenters. The lowest BCUT2D eigenvalue weighted by atomic mass is 9.88. The van der Waals surface area contributed by atoms with Crippen molar-refractivity contribution >= 4 is 35.4 Å². The molecule has 0 radical (unpaired) electrons. The molecule has 0 aromatic carbocycles. The van der Waals surface area contributed by atoms with E-state index in [0.717, 1.165) is 0 Å². The van der Waals surface area contributed by atoms with Crippen LogP contribution in [0.2, 0.25) is 0 Å². The molecule has 0 fully saturated rings. The summed E-state index contributed by atoms with van der Waals surface area (Å²) in [7, 11) is 0. The molecule has 0 aromatic heterocycles. The zero-order valence-electron chi connectivity index (χ0n) is 17.7. The van der Waals surface area contributed by atoms with E-state index in [1.807, 2.05) is 0 Å². The second kappa shape index (κ2) is 14.2. The van der Waals surface area contributed by atoms with E-state index in [0.29, 0.717) is 19.3 Å². The van der Waals surface area contributed by atoms with Crippen molar-refractivity contribution in [2.75, 3.05) is 19.8 Å². The topological polar surface area (TPSA) is 150 Å². The SMILES string of the molecule is CCC(COC(=O)CCCCC(=O)O)(COC(=O)CC(C)=O)COC(=O)CC(C)=O. The fourth-order valence-electron chi connectivity index (χ4n) is 2.26. The van der Waals surface area contributed by atoms with Crippen molar-refractivity contribution in [3.63, 3.8) is 0 Å². The van der Waals surface area contributed by atoms with Crippen LogP contribution in [-0.2, 0) is 43.0 Å². The number of Topliss-reactive ketones (excluding diaryl/α,β-unsaturated/α-hetero) is 2. The van der Waals surface area contributed by atoms with Crippen LogP contribution in [0, 0.1) is 5.41 Å². The van der Waals surface area contributed by atoms with Crippen molar-refractivity contribution < 1.29 is 48.1 Å². The molecule has 10 heteroatoms. The van der Waals surface area contributed by atoms with Gasteiger partial charge in [0.1, 0.15) is 44.2 Å². The number of ether oxygens (including phenoxy) is 3. The van der Waals surface area contributed by atoms with Gasteiger partial charge in [-0.15, -0.1) is 0 Å². The number of unbranched alkanes of at least 4 members (excludes halogenated alkanes) is 1. The van der Waals surface area contributed by atoms with Gasteiger partial charge in [-0.05, 0) is 33.1 Å². The number of carboxylic acids is 1. The van der Waals surface area contributed by atoms with Gasteiger partial charge in [0.2, 0.25) is 0 Å². The van der Waals surface area contributed by atoms with Gasteiger partial charge < -0.3 is 19.3 Å². The van der Waals surface area contributed by atoms with Gasteiger partial charge in [-0.1, -0.05) is 6.92 Å². The van der Waals surface area contributed by atoms with Crippen LogP contribution >= 0.6 is 0 Å². The highest BCUT2D eigenvalue weighted by Gasteiger charge is 2.34. The monoisotopic (exact) mass is 430 g/mol. The summed E-state index contributed by atoms with van der Waals surface area (Å²) in [4.78, 5) is 67.9. The molecule has 0 amide bonds. The van der Waals surface area contributed by atoms with Gasteiger partial charge in [0, 0.05) is 12.8 Å². The van der Waals surface area contributed by atoms with Gasteiger partial charge in [0.05, 0.1) is 5.41 Å². The molecule has 0 unspecified atom stereocenters. The van der Waals surface area contributed by atoms with Gasteiger partial charge in [-0.25, -0.2) is 0 Å². The number of rotatable bonds is 16. The van der Waals surface area contributed by atoms with Crippen LogP contribution in [0.25, 0.3) is 0 Å². The Morgan fingerprint density at radius 1 is 0.700 bits per heavy atom. The van der Waals surface area contributed by atoms with Gasteiger partial charge in [-0.2, -0.15) is 0 Å². The van der Waals surface area contributed by atoms with Crippen LogP contribution in [0.15, 0.2) is 0 Å². The van der Waals surface area contributed by atoms with Crippen LogP contribution in [0.1, 0.15) is 65.7 Å². The lowest BCUT2D eigenvalue weighted by Crippen LogP contribution is -2.39. The zero-order valence-corrected chi connectivity index (χ0v) is 17.7. The van der Waals surface area contributed by atoms with E-state index in [1.54, 1.807) is 6.92 Å². The van der Waals surface area contributed by atoms with Crippen molar-refractivity contribution in [1.29, 1.82) is 0 Å². The third-order valence-electron chi connectivity index (χ3n) is 4.18. The predicted octanol–water partition coefficient (Wildman–Crippen LogP) is 1.62. The Morgan fingerprint density at radius 2 is 1.10 bits per heavy atom. The highest BCUT2D eigenvalue weighted by atomic mass is 16.6. The lowest BCUT2D eigenvalue weighted by Gasteiger charge is -2.31. The summed E-state index contributed by atoms with van der Waals surface area (Å²) in [6.07, 6.45) is 0.117. The summed E-state index contributed by atoms with van der Waals surface area (Å²) in [5.41, 5.74) is -1.05. The predicted molar refractivity (Wildman–Crippen MR) is 102 cm³/mol.